The van der Waals surface area contributed by atoms with Crippen LogP contribution in [0.25, 0.3) is 71.6 Å². The Morgan fingerprint density at radius 1 is 0.537 bits per heavy atom. The Kier molecular flexibility index (Phi) is 6.40. The lowest BCUT2D eigenvalue weighted by Crippen LogP contribution is -2.29. The SMILES string of the molecule is CC(C)(C)c1cc(-c2nccc3ccccc23)cc(C2(c3ccc4c(c3)c3nc5ccccc5n3c3cccnc43)c3ccccc3-c3ccccc32)c1. The van der Waals surface area contributed by atoms with Crippen LogP contribution in [0.3, 0.4) is 0 Å². The first-order valence-electron chi connectivity index (χ1n) is 18.7. The Hall–Kier alpha value is -6.65. The predicted molar refractivity (Wildman–Crippen MR) is 222 cm³/mol. The van der Waals surface area contributed by atoms with Crippen LogP contribution in [0, 0.1) is 0 Å². The van der Waals surface area contributed by atoms with Crippen LogP contribution in [-0.4, -0.2) is 19.4 Å². The zero-order chi connectivity index (χ0) is 36.2. The van der Waals surface area contributed by atoms with Gasteiger partial charge in [-0.2, -0.15) is 0 Å². The van der Waals surface area contributed by atoms with E-state index in [0.717, 1.165) is 55.1 Å². The van der Waals surface area contributed by atoms with E-state index in [2.05, 4.69) is 171 Å². The monoisotopic (exact) mass is 692 g/mol. The quantitative estimate of drug-likeness (QED) is 0.173. The van der Waals surface area contributed by atoms with E-state index in [1.165, 1.54) is 44.3 Å². The van der Waals surface area contributed by atoms with Gasteiger partial charge in [-0.05, 0) is 98.3 Å². The second-order valence-corrected chi connectivity index (χ2v) is 15.7. The van der Waals surface area contributed by atoms with E-state index in [-0.39, 0.29) is 5.41 Å². The summed E-state index contributed by atoms with van der Waals surface area (Å²) in [6.07, 6.45) is 3.84. The number of aromatic nitrogens is 4. The van der Waals surface area contributed by atoms with Gasteiger partial charge in [-0.3, -0.25) is 14.4 Å². The third-order valence-electron chi connectivity index (χ3n) is 11.7. The zero-order valence-electron chi connectivity index (χ0n) is 30.4. The number of nitrogens with zero attached hydrogens (tertiary/aromatic N) is 4. The molecule has 0 bridgehead atoms. The van der Waals surface area contributed by atoms with Gasteiger partial charge in [-0.15, -0.1) is 0 Å². The van der Waals surface area contributed by atoms with Crippen LogP contribution in [0.15, 0.2) is 164 Å². The third-order valence-corrected chi connectivity index (χ3v) is 11.7. The lowest BCUT2D eigenvalue weighted by Gasteiger charge is -2.36. The molecule has 0 atom stereocenters. The molecule has 10 aromatic rings. The molecule has 0 N–H and O–H groups in total. The highest BCUT2D eigenvalue weighted by molar-refractivity contribution is 6.12. The zero-order valence-corrected chi connectivity index (χ0v) is 30.4. The molecule has 0 fully saturated rings. The first-order valence-corrected chi connectivity index (χ1v) is 18.7. The van der Waals surface area contributed by atoms with E-state index in [1.807, 2.05) is 18.5 Å². The molecule has 1 aliphatic carbocycles. The lowest BCUT2D eigenvalue weighted by molar-refractivity contribution is 0.587. The van der Waals surface area contributed by atoms with Crippen LogP contribution < -0.4 is 0 Å². The van der Waals surface area contributed by atoms with Crippen molar-refractivity contribution in [2.45, 2.75) is 31.6 Å². The Morgan fingerprint density at radius 2 is 1.26 bits per heavy atom. The summed E-state index contributed by atoms with van der Waals surface area (Å²) in [5.41, 5.74) is 15.1. The molecule has 0 spiro atoms. The number of hydrogen-bond acceptors (Lipinski definition) is 3. The van der Waals surface area contributed by atoms with Gasteiger partial charge in [-0.1, -0.05) is 124 Å². The van der Waals surface area contributed by atoms with E-state index in [1.54, 1.807) is 0 Å². The van der Waals surface area contributed by atoms with Crippen molar-refractivity contribution in [3.63, 3.8) is 0 Å². The lowest BCUT2D eigenvalue weighted by atomic mass is 9.66. The van der Waals surface area contributed by atoms with E-state index in [0.29, 0.717) is 0 Å². The number of para-hydroxylation sites is 2. The maximum absolute atomic E-state index is 5.30. The first-order chi connectivity index (χ1) is 26.4. The minimum Gasteiger partial charge on any atom is -0.290 e. The van der Waals surface area contributed by atoms with Crippen molar-refractivity contribution in [1.82, 2.24) is 19.4 Å². The van der Waals surface area contributed by atoms with E-state index in [9.17, 15) is 0 Å². The first kappa shape index (κ1) is 30.9. The average molecular weight is 693 g/mol. The van der Waals surface area contributed by atoms with Crippen LogP contribution in [0.4, 0.5) is 0 Å². The summed E-state index contributed by atoms with van der Waals surface area (Å²) >= 11 is 0. The van der Waals surface area contributed by atoms with Crippen LogP contribution in [0.5, 0.6) is 0 Å². The summed E-state index contributed by atoms with van der Waals surface area (Å²) in [5.74, 6) is 0. The largest absolute Gasteiger partial charge is 0.290 e. The number of benzene rings is 6. The minimum atomic E-state index is -0.635. The van der Waals surface area contributed by atoms with Gasteiger partial charge in [0.15, 0.2) is 0 Å². The fraction of sp³-hybridized carbons (Fsp3) is 0.100. The van der Waals surface area contributed by atoms with Gasteiger partial charge in [-0.25, -0.2) is 4.98 Å². The van der Waals surface area contributed by atoms with Crippen molar-refractivity contribution >= 4 is 49.3 Å². The minimum absolute atomic E-state index is 0.121. The molecule has 0 aliphatic heterocycles. The third kappa shape index (κ3) is 4.22. The molecule has 0 saturated carbocycles. The summed E-state index contributed by atoms with van der Waals surface area (Å²) in [6.45, 7) is 6.93. The van der Waals surface area contributed by atoms with E-state index < -0.39 is 5.41 Å². The van der Waals surface area contributed by atoms with Gasteiger partial charge in [0.1, 0.15) is 5.65 Å². The van der Waals surface area contributed by atoms with Gasteiger partial charge in [0, 0.05) is 34.1 Å². The molecule has 4 nitrogen and oxygen atoms in total. The van der Waals surface area contributed by atoms with Crippen molar-refractivity contribution < 1.29 is 0 Å². The van der Waals surface area contributed by atoms with Gasteiger partial charge >= 0.3 is 0 Å². The van der Waals surface area contributed by atoms with Gasteiger partial charge in [0.2, 0.25) is 0 Å². The van der Waals surface area contributed by atoms with Crippen molar-refractivity contribution in [1.29, 1.82) is 0 Å². The summed E-state index contributed by atoms with van der Waals surface area (Å²) in [5, 5.41) is 4.51. The van der Waals surface area contributed by atoms with Crippen molar-refractivity contribution in [3.05, 3.63) is 192 Å². The average Bonchev–Trinajstić information content (AvgIpc) is 3.75. The summed E-state index contributed by atoms with van der Waals surface area (Å²) < 4.78 is 2.29. The molecule has 256 valence electrons. The molecule has 4 aromatic heterocycles. The molecule has 54 heavy (non-hydrogen) atoms. The molecular weight excluding hydrogens is 657 g/mol. The molecular formula is C50H36N4. The number of pyridine rings is 3. The highest BCUT2D eigenvalue weighted by Crippen LogP contribution is 2.57. The summed E-state index contributed by atoms with van der Waals surface area (Å²) in [6, 6.07) is 55.5. The molecule has 1 aliphatic rings. The van der Waals surface area contributed by atoms with Gasteiger partial charge < -0.3 is 0 Å². The molecule has 11 rings (SSSR count). The molecule has 0 saturated heterocycles. The van der Waals surface area contributed by atoms with Gasteiger partial charge in [0.25, 0.3) is 0 Å². The second-order valence-electron chi connectivity index (χ2n) is 15.7. The maximum atomic E-state index is 5.30. The van der Waals surface area contributed by atoms with Crippen LogP contribution in [-0.2, 0) is 10.8 Å². The van der Waals surface area contributed by atoms with Crippen molar-refractivity contribution in [3.8, 4) is 22.4 Å². The Bertz CT molecular complexity index is 3110. The van der Waals surface area contributed by atoms with Gasteiger partial charge in [0.05, 0.1) is 33.2 Å². The highest BCUT2D eigenvalue weighted by Gasteiger charge is 2.46. The predicted octanol–water partition coefficient (Wildman–Crippen LogP) is 12.1. The van der Waals surface area contributed by atoms with Crippen LogP contribution in [0.1, 0.15) is 48.6 Å². The van der Waals surface area contributed by atoms with Crippen LogP contribution in [0.2, 0.25) is 0 Å². The number of imidazole rings is 1. The second kappa shape index (κ2) is 11.2. The molecule has 0 unspecified atom stereocenters. The maximum Gasteiger partial charge on any atom is 0.146 e. The normalized spacial score (nSPS) is 13.6. The van der Waals surface area contributed by atoms with E-state index in [4.69, 9.17) is 15.0 Å². The Balaban J connectivity index is 1.31. The molecule has 0 radical (unpaired) electrons. The fourth-order valence-electron chi connectivity index (χ4n) is 9.19. The number of rotatable bonds is 3. The van der Waals surface area contributed by atoms with Crippen molar-refractivity contribution in [2.75, 3.05) is 0 Å². The molecule has 6 aromatic carbocycles. The highest BCUT2D eigenvalue weighted by atomic mass is 15.0. The molecule has 4 heteroatoms. The number of hydrogen-bond donors (Lipinski definition) is 0. The fourth-order valence-corrected chi connectivity index (χ4v) is 9.19. The summed E-state index contributed by atoms with van der Waals surface area (Å²) in [4.78, 5) is 15.3. The molecule has 4 heterocycles. The topological polar surface area (TPSA) is 43.1 Å². The van der Waals surface area contributed by atoms with E-state index >= 15 is 0 Å². The Labute approximate surface area is 313 Å². The molecule has 0 amide bonds. The standard InChI is InChI=1S/C50H36N4/c1-49(2,3)34-27-32(46-36-14-5-4-13-31(36)24-26-52-46)28-35(29-34)50(41-17-8-6-15-37(41)38-16-7-9-18-42(38)50)33-22-23-39-40(30-33)48-53-43-19-10-11-20-44(43)54(48)45-21-12-25-51-47(39)45/h4-30H,1-3H3. The summed E-state index contributed by atoms with van der Waals surface area (Å²) in [7, 11) is 0. The number of fused-ring (bicyclic) bond motifs is 12. The van der Waals surface area contributed by atoms with Crippen LogP contribution >= 0.6 is 0 Å². The Morgan fingerprint density at radius 3 is 2.07 bits per heavy atom. The van der Waals surface area contributed by atoms with Crippen molar-refractivity contribution in [2.24, 2.45) is 0 Å². The smallest absolute Gasteiger partial charge is 0.146 e.